The Bertz CT molecular complexity index is 553. The Morgan fingerprint density at radius 1 is 1.39 bits per heavy atom. The lowest BCUT2D eigenvalue weighted by atomic mass is 10.1. The van der Waals surface area contributed by atoms with Crippen LogP contribution in [0.25, 0.3) is 0 Å². The summed E-state index contributed by atoms with van der Waals surface area (Å²) >= 11 is 1.15. The van der Waals surface area contributed by atoms with E-state index in [2.05, 4.69) is 16.9 Å². The van der Waals surface area contributed by atoms with Crippen molar-refractivity contribution in [1.29, 1.82) is 0 Å². The van der Waals surface area contributed by atoms with Crippen LogP contribution in [0.5, 0.6) is 0 Å². The van der Waals surface area contributed by atoms with E-state index in [1.807, 2.05) is 0 Å². The molecule has 6 heteroatoms. The van der Waals surface area contributed by atoms with Gasteiger partial charge in [0.1, 0.15) is 4.88 Å². The second kappa shape index (κ2) is 5.42. The van der Waals surface area contributed by atoms with Crippen molar-refractivity contribution >= 4 is 24.0 Å². The topological polar surface area (TPSA) is 71.8 Å². The molecule has 0 radical (unpaired) electrons. The molecular weight excluding hydrogens is 252 g/mol. The number of hydrogen-bond acceptors (Lipinski definition) is 5. The van der Waals surface area contributed by atoms with Crippen molar-refractivity contribution in [3.05, 3.63) is 52.0 Å². The largest absolute Gasteiger partial charge is 0.477 e. The smallest absolute Gasteiger partial charge is 0.345 e. The van der Waals surface area contributed by atoms with Crippen LogP contribution < -0.4 is 0 Å². The molecule has 0 aromatic carbocycles. The molecule has 2 rings (SSSR count). The maximum atomic E-state index is 10.9. The zero-order chi connectivity index (χ0) is 13.0. The molecule has 92 valence electrons. The molecule has 0 amide bonds. The number of hydrogen-bond donors (Lipinski definition) is 1. The van der Waals surface area contributed by atoms with Crippen molar-refractivity contribution in [2.45, 2.75) is 6.10 Å². The summed E-state index contributed by atoms with van der Waals surface area (Å²) in [4.78, 5) is 21.0. The fraction of sp³-hybridized carbons (Fsp3) is 0.0833. The van der Waals surface area contributed by atoms with E-state index < -0.39 is 12.1 Å². The highest BCUT2D eigenvalue weighted by Crippen LogP contribution is 2.31. The monoisotopic (exact) mass is 262 g/mol. The third kappa shape index (κ3) is 2.54. The second-order valence-corrected chi connectivity index (χ2v) is 4.52. The molecule has 18 heavy (non-hydrogen) atoms. The van der Waals surface area contributed by atoms with E-state index in [9.17, 15) is 4.79 Å². The Morgan fingerprint density at radius 2 is 2.11 bits per heavy atom. The van der Waals surface area contributed by atoms with Crippen LogP contribution in [0.3, 0.4) is 0 Å². The molecule has 0 saturated carbocycles. The van der Waals surface area contributed by atoms with Crippen LogP contribution in [-0.4, -0.2) is 22.8 Å². The van der Waals surface area contributed by atoms with Gasteiger partial charge in [0.25, 0.3) is 0 Å². The summed E-state index contributed by atoms with van der Waals surface area (Å²) in [5.41, 5.74) is 0.844. The zero-order valence-electron chi connectivity index (χ0n) is 9.31. The van der Waals surface area contributed by atoms with Crippen molar-refractivity contribution in [3.8, 4) is 0 Å². The fourth-order valence-electron chi connectivity index (χ4n) is 1.50. The molecule has 1 unspecified atom stereocenters. The van der Waals surface area contributed by atoms with E-state index in [1.54, 1.807) is 36.7 Å². The molecule has 0 spiro atoms. The zero-order valence-corrected chi connectivity index (χ0v) is 10.1. The van der Waals surface area contributed by atoms with Gasteiger partial charge in [0.15, 0.2) is 6.10 Å². The van der Waals surface area contributed by atoms with Gasteiger partial charge in [-0.25, -0.2) is 4.79 Å². The number of thiophene rings is 1. The van der Waals surface area contributed by atoms with Gasteiger partial charge in [-0.3, -0.25) is 4.98 Å². The molecule has 2 aromatic rings. The quantitative estimate of drug-likeness (QED) is 0.664. The number of nitrogens with zero attached hydrogens (tertiary/aromatic N) is 2. The van der Waals surface area contributed by atoms with Crippen LogP contribution in [0.15, 0.2) is 41.8 Å². The molecule has 1 N–H and O–H groups in total. The van der Waals surface area contributed by atoms with Gasteiger partial charge in [-0.2, -0.15) is 0 Å². The number of aromatic nitrogens is 1. The van der Waals surface area contributed by atoms with Gasteiger partial charge in [0, 0.05) is 24.7 Å². The first-order valence-electron chi connectivity index (χ1n) is 5.07. The Hall–Kier alpha value is -2.21. The van der Waals surface area contributed by atoms with E-state index in [4.69, 9.17) is 9.94 Å². The maximum Gasteiger partial charge on any atom is 0.345 e. The van der Waals surface area contributed by atoms with Crippen LogP contribution in [-0.2, 0) is 4.84 Å². The molecule has 2 aromatic heterocycles. The van der Waals surface area contributed by atoms with Crippen LogP contribution in [0.1, 0.15) is 26.2 Å². The molecule has 0 bridgehead atoms. The van der Waals surface area contributed by atoms with Gasteiger partial charge in [-0.15, -0.1) is 16.5 Å². The van der Waals surface area contributed by atoms with Crippen LogP contribution in [0.4, 0.5) is 0 Å². The normalized spacial score (nSPS) is 11.8. The average Bonchev–Trinajstić information content (AvgIpc) is 2.86. The Balaban J connectivity index is 2.35. The minimum Gasteiger partial charge on any atom is -0.477 e. The Morgan fingerprint density at radius 3 is 2.67 bits per heavy atom. The number of carboxylic acids is 1. The van der Waals surface area contributed by atoms with Crippen molar-refractivity contribution in [1.82, 2.24) is 4.98 Å². The average molecular weight is 262 g/mol. The highest BCUT2D eigenvalue weighted by Gasteiger charge is 2.19. The number of pyridine rings is 1. The van der Waals surface area contributed by atoms with Crippen LogP contribution in [0.2, 0.25) is 0 Å². The van der Waals surface area contributed by atoms with Crippen LogP contribution >= 0.6 is 11.3 Å². The summed E-state index contributed by atoms with van der Waals surface area (Å²) in [7, 11) is 0. The molecule has 1 atom stereocenters. The van der Waals surface area contributed by atoms with E-state index in [0.29, 0.717) is 0 Å². The first-order valence-corrected chi connectivity index (χ1v) is 5.89. The summed E-state index contributed by atoms with van der Waals surface area (Å²) in [5, 5.41) is 12.3. The lowest BCUT2D eigenvalue weighted by Gasteiger charge is -2.12. The number of carbonyl (C=O) groups is 1. The minimum atomic E-state index is -0.953. The van der Waals surface area contributed by atoms with Gasteiger partial charge in [0.2, 0.25) is 0 Å². The summed E-state index contributed by atoms with van der Waals surface area (Å²) < 4.78 is 0. The third-order valence-corrected chi connectivity index (χ3v) is 3.40. The van der Waals surface area contributed by atoms with Crippen LogP contribution in [0, 0.1) is 0 Å². The molecule has 0 aliphatic heterocycles. The summed E-state index contributed by atoms with van der Waals surface area (Å²) in [6.45, 7) is 3.29. The number of oxime groups is 1. The van der Waals surface area contributed by atoms with Gasteiger partial charge >= 0.3 is 5.97 Å². The highest BCUT2D eigenvalue weighted by atomic mass is 32.1. The number of aromatic carboxylic acids is 1. The van der Waals surface area contributed by atoms with Crippen molar-refractivity contribution < 1.29 is 14.7 Å². The van der Waals surface area contributed by atoms with Crippen molar-refractivity contribution in [3.63, 3.8) is 0 Å². The third-order valence-electron chi connectivity index (χ3n) is 2.28. The Kier molecular flexibility index (Phi) is 3.69. The predicted octanol–water partition coefficient (Wildman–Crippen LogP) is 2.56. The molecule has 0 aliphatic rings. The number of carboxylic acid groups (broad SMARTS) is 1. The highest BCUT2D eigenvalue weighted by molar-refractivity contribution is 7.14. The maximum absolute atomic E-state index is 10.9. The van der Waals surface area contributed by atoms with Gasteiger partial charge in [0.05, 0.1) is 4.88 Å². The first kappa shape index (κ1) is 12.3. The first-order chi connectivity index (χ1) is 8.72. The summed E-state index contributed by atoms with van der Waals surface area (Å²) in [6.07, 6.45) is 2.82. The summed E-state index contributed by atoms with van der Waals surface area (Å²) in [5.74, 6) is -0.953. The second-order valence-electron chi connectivity index (χ2n) is 3.40. The minimum absolute atomic E-state index is 0.261. The van der Waals surface area contributed by atoms with Gasteiger partial charge in [-0.05, 0) is 24.3 Å². The Labute approximate surface area is 107 Å². The predicted molar refractivity (Wildman–Crippen MR) is 68.0 cm³/mol. The molecule has 0 aliphatic carbocycles. The number of rotatable bonds is 5. The molecule has 5 nitrogen and oxygen atoms in total. The lowest BCUT2D eigenvalue weighted by molar-refractivity contribution is 0.0702. The van der Waals surface area contributed by atoms with E-state index in [1.165, 1.54) is 0 Å². The molecule has 0 saturated heterocycles. The van der Waals surface area contributed by atoms with Gasteiger partial charge in [-0.1, -0.05) is 0 Å². The van der Waals surface area contributed by atoms with Gasteiger partial charge < -0.3 is 9.94 Å². The fourth-order valence-corrected chi connectivity index (χ4v) is 2.40. The van der Waals surface area contributed by atoms with E-state index >= 15 is 0 Å². The molecule has 0 fully saturated rings. The standard InChI is InChI=1S/C12H10N2O3S/c1-13-17-11(8-4-6-14-7-5-8)9-2-3-10(18-9)12(15)16/h2-7,11H,1H2,(H,15,16). The lowest BCUT2D eigenvalue weighted by Crippen LogP contribution is -2.00. The SMILES string of the molecule is C=NOC(c1ccncc1)c1ccc(C(=O)O)s1. The molecular formula is C12H10N2O3S. The van der Waals surface area contributed by atoms with Crippen molar-refractivity contribution in [2.75, 3.05) is 0 Å². The molecule has 2 heterocycles. The van der Waals surface area contributed by atoms with E-state index in [0.717, 1.165) is 21.8 Å². The van der Waals surface area contributed by atoms with E-state index in [-0.39, 0.29) is 4.88 Å². The van der Waals surface area contributed by atoms with Crippen molar-refractivity contribution in [2.24, 2.45) is 5.16 Å². The summed E-state index contributed by atoms with van der Waals surface area (Å²) in [6, 6.07) is 6.83.